The second-order valence-electron chi connectivity index (χ2n) is 5.10. The van der Waals surface area contributed by atoms with E-state index in [-0.39, 0.29) is 11.4 Å². The molecule has 0 spiro atoms. The summed E-state index contributed by atoms with van der Waals surface area (Å²) in [6.45, 7) is 7.64. The van der Waals surface area contributed by atoms with Crippen LogP contribution in [0.5, 0.6) is 5.75 Å². The summed E-state index contributed by atoms with van der Waals surface area (Å²) < 4.78 is 5.67. The molecule has 1 saturated heterocycles. The molecule has 2 rings (SSSR count). The average Bonchev–Trinajstić information content (AvgIpc) is 2.22. The van der Waals surface area contributed by atoms with Crippen LogP contribution in [0.25, 0.3) is 0 Å². The van der Waals surface area contributed by atoms with Gasteiger partial charge in [0.1, 0.15) is 5.75 Å². The van der Waals surface area contributed by atoms with E-state index < -0.39 is 0 Å². The van der Waals surface area contributed by atoms with E-state index in [1.807, 2.05) is 12.1 Å². The number of morpholine rings is 1. The van der Waals surface area contributed by atoms with Gasteiger partial charge in [-0.1, -0.05) is 17.7 Å². The minimum Gasteiger partial charge on any atom is -0.506 e. The van der Waals surface area contributed by atoms with Crippen LogP contribution >= 0.6 is 11.6 Å². The maximum absolute atomic E-state index is 9.37. The minimum absolute atomic E-state index is 0.0844. The molecule has 3 nitrogen and oxygen atoms in total. The number of benzene rings is 1. The van der Waals surface area contributed by atoms with E-state index in [9.17, 15) is 5.11 Å². The van der Waals surface area contributed by atoms with Gasteiger partial charge in [-0.05, 0) is 31.5 Å². The lowest BCUT2D eigenvalue weighted by Crippen LogP contribution is -2.47. The maximum atomic E-state index is 9.37. The first-order chi connectivity index (χ1) is 7.96. The van der Waals surface area contributed by atoms with Crippen molar-refractivity contribution in [3.8, 4) is 5.75 Å². The Balaban J connectivity index is 2.03. The normalized spacial score (nSPS) is 20.4. The Hall–Kier alpha value is -0.770. The van der Waals surface area contributed by atoms with Crippen molar-refractivity contribution in [3.05, 3.63) is 28.8 Å². The van der Waals surface area contributed by atoms with Crippen LogP contribution in [0.15, 0.2) is 18.2 Å². The zero-order chi connectivity index (χ0) is 12.5. The van der Waals surface area contributed by atoms with Gasteiger partial charge in [0, 0.05) is 19.6 Å². The fourth-order valence-corrected chi connectivity index (χ4v) is 2.36. The van der Waals surface area contributed by atoms with Crippen molar-refractivity contribution in [3.63, 3.8) is 0 Å². The summed E-state index contributed by atoms with van der Waals surface area (Å²) >= 11 is 5.89. The van der Waals surface area contributed by atoms with Gasteiger partial charge in [0.05, 0.1) is 17.2 Å². The molecule has 1 heterocycles. The van der Waals surface area contributed by atoms with E-state index in [4.69, 9.17) is 16.3 Å². The topological polar surface area (TPSA) is 32.7 Å². The molecule has 1 aromatic carbocycles. The van der Waals surface area contributed by atoms with Crippen LogP contribution in [0.3, 0.4) is 0 Å². The highest BCUT2D eigenvalue weighted by atomic mass is 35.5. The van der Waals surface area contributed by atoms with Crippen molar-refractivity contribution < 1.29 is 9.84 Å². The van der Waals surface area contributed by atoms with Crippen LogP contribution in [0.1, 0.15) is 19.4 Å². The summed E-state index contributed by atoms with van der Waals surface area (Å²) in [5.74, 6) is 0.137. The Kier molecular flexibility index (Phi) is 3.61. The lowest BCUT2D eigenvalue weighted by atomic mass is 10.1. The lowest BCUT2D eigenvalue weighted by Gasteiger charge is -2.38. The molecule has 1 N–H and O–H groups in total. The molecule has 1 fully saturated rings. The first-order valence-electron chi connectivity index (χ1n) is 5.80. The highest BCUT2D eigenvalue weighted by molar-refractivity contribution is 6.32. The maximum Gasteiger partial charge on any atom is 0.134 e. The Morgan fingerprint density at radius 3 is 2.88 bits per heavy atom. The van der Waals surface area contributed by atoms with E-state index >= 15 is 0 Å². The van der Waals surface area contributed by atoms with Crippen LogP contribution in [-0.2, 0) is 11.3 Å². The largest absolute Gasteiger partial charge is 0.506 e. The minimum atomic E-state index is -0.0844. The Labute approximate surface area is 107 Å². The molecule has 0 atom stereocenters. The molecule has 0 unspecified atom stereocenters. The highest BCUT2D eigenvalue weighted by Crippen LogP contribution is 2.25. The van der Waals surface area contributed by atoms with Crippen LogP contribution in [0, 0.1) is 0 Å². The van der Waals surface area contributed by atoms with Gasteiger partial charge in [-0.2, -0.15) is 0 Å². The fourth-order valence-electron chi connectivity index (χ4n) is 2.16. The number of phenols is 1. The third-order valence-corrected chi connectivity index (χ3v) is 3.23. The second-order valence-corrected chi connectivity index (χ2v) is 5.51. The molecule has 0 aliphatic carbocycles. The molecule has 0 saturated carbocycles. The number of nitrogens with zero attached hydrogens (tertiary/aromatic N) is 1. The number of aromatic hydroxyl groups is 1. The quantitative estimate of drug-likeness (QED) is 0.882. The second kappa shape index (κ2) is 4.84. The van der Waals surface area contributed by atoms with Gasteiger partial charge in [0.2, 0.25) is 0 Å². The molecule has 4 heteroatoms. The van der Waals surface area contributed by atoms with Crippen molar-refractivity contribution in [2.75, 3.05) is 19.7 Å². The Morgan fingerprint density at radius 2 is 2.24 bits per heavy atom. The van der Waals surface area contributed by atoms with Gasteiger partial charge in [0.25, 0.3) is 0 Å². The predicted octanol–water partition coefficient (Wildman–Crippen LogP) is 2.66. The molecule has 0 aromatic heterocycles. The van der Waals surface area contributed by atoms with Crippen LogP contribution in [0.2, 0.25) is 5.02 Å². The molecular formula is C13H18ClNO2. The van der Waals surface area contributed by atoms with Crippen molar-refractivity contribution in [1.29, 1.82) is 0 Å². The molecule has 0 radical (unpaired) electrons. The van der Waals surface area contributed by atoms with E-state index in [0.717, 1.165) is 31.8 Å². The summed E-state index contributed by atoms with van der Waals surface area (Å²) in [6.07, 6.45) is 0. The van der Waals surface area contributed by atoms with Gasteiger partial charge in [-0.3, -0.25) is 4.90 Å². The zero-order valence-electron chi connectivity index (χ0n) is 10.2. The summed E-state index contributed by atoms with van der Waals surface area (Å²) in [4.78, 5) is 2.34. The van der Waals surface area contributed by atoms with Crippen molar-refractivity contribution in [1.82, 2.24) is 4.90 Å². The molecule has 94 valence electrons. The third kappa shape index (κ3) is 3.35. The van der Waals surface area contributed by atoms with E-state index in [1.165, 1.54) is 0 Å². The summed E-state index contributed by atoms with van der Waals surface area (Å²) in [6, 6.07) is 5.37. The predicted molar refractivity (Wildman–Crippen MR) is 68.4 cm³/mol. The smallest absolute Gasteiger partial charge is 0.134 e. The summed E-state index contributed by atoms with van der Waals surface area (Å²) in [7, 11) is 0. The number of rotatable bonds is 2. The molecular weight excluding hydrogens is 238 g/mol. The lowest BCUT2D eigenvalue weighted by molar-refractivity contribution is -0.0882. The number of hydrogen-bond donors (Lipinski definition) is 1. The van der Waals surface area contributed by atoms with Crippen molar-refractivity contribution in [2.24, 2.45) is 0 Å². The third-order valence-electron chi connectivity index (χ3n) is 2.92. The standard InChI is InChI=1S/C13H18ClNO2/c1-13(2)9-15(5-6-17-13)8-10-3-4-12(16)11(14)7-10/h3-4,7,16H,5-6,8-9H2,1-2H3. The molecule has 0 amide bonds. The van der Waals surface area contributed by atoms with Crippen LogP contribution in [0.4, 0.5) is 0 Å². The summed E-state index contributed by atoms with van der Waals surface area (Å²) in [5, 5.41) is 9.78. The van der Waals surface area contributed by atoms with Gasteiger partial charge in [0.15, 0.2) is 0 Å². The Morgan fingerprint density at radius 1 is 1.47 bits per heavy atom. The molecule has 1 aliphatic rings. The van der Waals surface area contributed by atoms with E-state index in [0.29, 0.717) is 5.02 Å². The van der Waals surface area contributed by atoms with E-state index in [1.54, 1.807) is 6.07 Å². The van der Waals surface area contributed by atoms with Crippen molar-refractivity contribution in [2.45, 2.75) is 26.0 Å². The SMILES string of the molecule is CC1(C)CN(Cc2ccc(O)c(Cl)c2)CCO1. The number of ether oxygens (including phenoxy) is 1. The van der Waals surface area contributed by atoms with Gasteiger partial charge in [-0.25, -0.2) is 0 Å². The molecule has 1 aromatic rings. The monoisotopic (exact) mass is 255 g/mol. The average molecular weight is 256 g/mol. The number of hydrogen-bond acceptors (Lipinski definition) is 3. The highest BCUT2D eigenvalue weighted by Gasteiger charge is 2.26. The zero-order valence-corrected chi connectivity index (χ0v) is 11.0. The molecule has 0 bridgehead atoms. The Bertz CT molecular complexity index is 406. The molecule has 1 aliphatic heterocycles. The fraction of sp³-hybridized carbons (Fsp3) is 0.538. The van der Waals surface area contributed by atoms with Crippen LogP contribution < -0.4 is 0 Å². The number of phenolic OH excluding ortho intramolecular Hbond substituents is 1. The van der Waals surface area contributed by atoms with E-state index in [2.05, 4.69) is 18.7 Å². The molecule has 17 heavy (non-hydrogen) atoms. The number of halogens is 1. The first kappa shape index (κ1) is 12.7. The summed E-state index contributed by atoms with van der Waals surface area (Å²) in [5.41, 5.74) is 1.03. The van der Waals surface area contributed by atoms with Gasteiger partial charge in [-0.15, -0.1) is 0 Å². The van der Waals surface area contributed by atoms with Gasteiger partial charge < -0.3 is 9.84 Å². The van der Waals surface area contributed by atoms with Gasteiger partial charge >= 0.3 is 0 Å². The first-order valence-corrected chi connectivity index (χ1v) is 6.18. The van der Waals surface area contributed by atoms with Crippen molar-refractivity contribution >= 4 is 11.6 Å². The van der Waals surface area contributed by atoms with Crippen LogP contribution in [-0.4, -0.2) is 35.3 Å².